The van der Waals surface area contributed by atoms with E-state index in [1.165, 1.54) is 16.8 Å². The number of hydrogen-bond donors (Lipinski definition) is 1. The Hall–Kier alpha value is -3.44. The molecule has 5 heteroatoms. The minimum Gasteiger partial charge on any atom is -0.399 e. The summed E-state index contributed by atoms with van der Waals surface area (Å²) in [6.45, 7) is 2.81. The van der Waals surface area contributed by atoms with E-state index in [2.05, 4.69) is 52.3 Å². The van der Waals surface area contributed by atoms with Crippen LogP contribution >= 0.6 is 0 Å². The molecule has 0 radical (unpaired) electrons. The Morgan fingerprint density at radius 1 is 0.897 bits per heavy atom. The number of nitrogens with zero attached hydrogens (tertiary/aromatic N) is 4. The van der Waals surface area contributed by atoms with Gasteiger partial charge in [-0.25, -0.2) is 9.67 Å². The van der Waals surface area contributed by atoms with Crippen molar-refractivity contribution in [1.82, 2.24) is 19.7 Å². The lowest BCUT2D eigenvalue weighted by molar-refractivity contribution is 0.244. The van der Waals surface area contributed by atoms with E-state index < -0.39 is 0 Å². The van der Waals surface area contributed by atoms with Crippen LogP contribution in [0.15, 0.2) is 79.0 Å². The van der Waals surface area contributed by atoms with Crippen LogP contribution < -0.4 is 5.73 Å². The van der Waals surface area contributed by atoms with Crippen LogP contribution in [0.2, 0.25) is 0 Å². The molecule has 0 saturated heterocycles. The summed E-state index contributed by atoms with van der Waals surface area (Å²) >= 11 is 0. The van der Waals surface area contributed by atoms with Crippen LogP contribution in [0.5, 0.6) is 0 Å². The van der Waals surface area contributed by atoms with Crippen LogP contribution in [0, 0.1) is 0 Å². The average Bonchev–Trinajstić information content (AvgIpc) is 3.14. The molecule has 0 atom stereocenters. The minimum absolute atomic E-state index is 0.762. The Morgan fingerprint density at radius 3 is 2.45 bits per heavy atom. The molecule has 0 aliphatic carbocycles. The van der Waals surface area contributed by atoms with Crippen molar-refractivity contribution in [3.8, 4) is 17.1 Å². The normalized spacial score (nSPS) is 13.9. The molecule has 0 spiro atoms. The van der Waals surface area contributed by atoms with Gasteiger partial charge in [0.05, 0.1) is 11.4 Å². The fourth-order valence-corrected chi connectivity index (χ4v) is 3.99. The molecule has 2 N–H and O–H groups in total. The number of nitrogen functional groups attached to an aromatic ring is 1. The summed E-state index contributed by atoms with van der Waals surface area (Å²) in [5.74, 6) is 0.863. The highest BCUT2D eigenvalue weighted by atomic mass is 15.3. The third-order valence-electron chi connectivity index (χ3n) is 5.44. The largest absolute Gasteiger partial charge is 0.399 e. The molecule has 29 heavy (non-hydrogen) atoms. The summed E-state index contributed by atoms with van der Waals surface area (Å²) in [7, 11) is 0. The lowest BCUT2D eigenvalue weighted by atomic mass is 10.00. The zero-order valence-electron chi connectivity index (χ0n) is 16.2. The van der Waals surface area contributed by atoms with E-state index in [1.807, 2.05) is 41.2 Å². The van der Waals surface area contributed by atoms with Gasteiger partial charge in [-0.2, -0.15) is 5.10 Å². The summed E-state index contributed by atoms with van der Waals surface area (Å²) in [5.41, 5.74) is 12.6. The Balaban J connectivity index is 1.55. The molecular weight excluding hydrogens is 358 g/mol. The number of anilines is 1. The maximum Gasteiger partial charge on any atom is 0.153 e. The van der Waals surface area contributed by atoms with Gasteiger partial charge in [0.25, 0.3) is 0 Å². The summed E-state index contributed by atoms with van der Waals surface area (Å²) in [4.78, 5) is 7.02. The van der Waals surface area contributed by atoms with Gasteiger partial charge in [-0.05, 0) is 29.8 Å². The third-order valence-corrected chi connectivity index (χ3v) is 5.44. The zero-order chi connectivity index (χ0) is 19.6. The number of hydrogen-bond acceptors (Lipinski definition) is 4. The molecule has 0 bridgehead atoms. The highest BCUT2D eigenvalue weighted by Gasteiger charge is 2.26. The molecule has 2 aromatic carbocycles. The minimum atomic E-state index is 0.762. The van der Waals surface area contributed by atoms with Crippen LogP contribution in [0.4, 0.5) is 5.69 Å². The van der Waals surface area contributed by atoms with E-state index in [4.69, 9.17) is 10.8 Å². The van der Waals surface area contributed by atoms with E-state index in [0.29, 0.717) is 0 Å². The molecule has 0 amide bonds. The monoisotopic (exact) mass is 381 g/mol. The lowest BCUT2D eigenvalue weighted by Crippen LogP contribution is -2.30. The van der Waals surface area contributed by atoms with E-state index in [-0.39, 0.29) is 0 Å². The van der Waals surface area contributed by atoms with Crippen LogP contribution in [-0.2, 0) is 19.5 Å². The van der Waals surface area contributed by atoms with E-state index in [0.717, 1.165) is 48.8 Å². The van der Waals surface area contributed by atoms with Crippen molar-refractivity contribution in [2.24, 2.45) is 0 Å². The maximum atomic E-state index is 5.90. The van der Waals surface area contributed by atoms with Gasteiger partial charge in [0.1, 0.15) is 0 Å². The second-order valence-electron chi connectivity index (χ2n) is 7.44. The van der Waals surface area contributed by atoms with Crippen LogP contribution in [0.3, 0.4) is 0 Å². The first kappa shape index (κ1) is 17.6. The zero-order valence-corrected chi connectivity index (χ0v) is 16.2. The van der Waals surface area contributed by atoms with E-state index in [9.17, 15) is 0 Å². The van der Waals surface area contributed by atoms with Crippen LogP contribution in [0.25, 0.3) is 17.1 Å². The number of rotatable bonds is 4. The van der Waals surface area contributed by atoms with Crippen molar-refractivity contribution < 1.29 is 0 Å². The fraction of sp³-hybridized carbons (Fsp3) is 0.167. The summed E-state index contributed by atoms with van der Waals surface area (Å²) in [5, 5.41) is 4.99. The van der Waals surface area contributed by atoms with Gasteiger partial charge in [0.2, 0.25) is 0 Å². The van der Waals surface area contributed by atoms with Crippen molar-refractivity contribution in [2.75, 3.05) is 12.3 Å². The number of pyridine rings is 1. The highest BCUT2D eigenvalue weighted by molar-refractivity contribution is 5.67. The number of benzene rings is 2. The molecule has 1 aliphatic rings. The molecule has 2 aromatic heterocycles. The first-order valence-corrected chi connectivity index (χ1v) is 9.92. The summed E-state index contributed by atoms with van der Waals surface area (Å²) in [6.07, 6.45) is 2.76. The number of fused-ring (bicyclic) bond motifs is 1. The van der Waals surface area contributed by atoms with Crippen molar-refractivity contribution in [1.29, 1.82) is 0 Å². The predicted octanol–water partition coefficient (Wildman–Crippen LogP) is 4.07. The standard InChI is InChI=1S/C24H23N5/c25-20-11-9-19(10-12-20)24-21-17-28(16-18-6-2-1-3-7-18)15-13-22(21)29(27-24)23-8-4-5-14-26-23/h1-12,14H,13,15-17,25H2. The first-order chi connectivity index (χ1) is 14.3. The molecule has 0 saturated carbocycles. The van der Waals surface area contributed by atoms with E-state index >= 15 is 0 Å². The topological polar surface area (TPSA) is 60.0 Å². The second kappa shape index (κ2) is 7.53. The van der Waals surface area contributed by atoms with Gasteiger partial charge in [-0.15, -0.1) is 0 Å². The summed E-state index contributed by atoms with van der Waals surface area (Å²) in [6, 6.07) is 24.6. The summed E-state index contributed by atoms with van der Waals surface area (Å²) < 4.78 is 2.01. The van der Waals surface area contributed by atoms with E-state index in [1.54, 1.807) is 0 Å². The highest BCUT2D eigenvalue weighted by Crippen LogP contribution is 2.32. The third kappa shape index (κ3) is 3.52. The van der Waals surface area contributed by atoms with Crippen molar-refractivity contribution in [2.45, 2.75) is 19.5 Å². The molecule has 5 nitrogen and oxygen atoms in total. The van der Waals surface area contributed by atoms with Gasteiger partial charge < -0.3 is 5.73 Å². The Bertz CT molecular complexity index is 1100. The SMILES string of the molecule is Nc1ccc(-c2nn(-c3ccccn3)c3c2CN(Cc2ccccc2)CC3)cc1. The van der Waals surface area contributed by atoms with Crippen molar-refractivity contribution in [3.05, 3.63) is 95.8 Å². The molecule has 4 aromatic rings. The molecule has 1 aliphatic heterocycles. The number of aromatic nitrogens is 3. The maximum absolute atomic E-state index is 5.90. The predicted molar refractivity (Wildman–Crippen MR) is 115 cm³/mol. The Kier molecular flexibility index (Phi) is 4.58. The van der Waals surface area contributed by atoms with Gasteiger partial charge in [0.15, 0.2) is 5.82 Å². The van der Waals surface area contributed by atoms with Gasteiger partial charge in [-0.3, -0.25) is 4.90 Å². The second-order valence-corrected chi connectivity index (χ2v) is 7.44. The van der Waals surface area contributed by atoms with Gasteiger partial charge in [0, 0.05) is 49.1 Å². The molecule has 3 heterocycles. The molecular formula is C24H23N5. The number of nitrogens with two attached hydrogens (primary N) is 1. The van der Waals surface area contributed by atoms with Crippen molar-refractivity contribution >= 4 is 5.69 Å². The van der Waals surface area contributed by atoms with Crippen LogP contribution in [0.1, 0.15) is 16.8 Å². The van der Waals surface area contributed by atoms with Gasteiger partial charge >= 0.3 is 0 Å². The molecule has 5 rings (SSSR count). The average molecular weight is 381 g/mol. The molecule has 0 unspecified atom stereocenters. The lowest BCUT2D eigenvalue weighted by Gasteiger charge is -2.27. The molecule has 144 valence electrons. The fourth-order valence-electron chi connectivity index (χ4n) is 3.99. The van der Waals surface area contributed by atoms with Crippen LogP contribution in [-0.4, -0.2) is 26.2 Å². The van der Waals surface area contributed by atoms with Gasteiger partial charge in [-0.1, -0.05) is 48.5 Å². The quantitative estimate of drug-likeness (QED) is 0.541. The molecule has 0 fully saturated rings. The first-order valence-electron chi connectivity index (χ1n) is 9.92. The smallest absolute Gasteiger partial charge is 0.153 e. The van der Waals surface area contributed by atoms with Crippen molar-refractivity contribution in [3.63, 3.8) is 0 Å². The Morgan fingerprint density at radius 2 is 1.69 bits per heavy atom. The Labute approximate surface area is 170 Å².